The van der Waals surface area contributed by atoms with Crippen molar-refractivity contribution in [1.29, 1.82) is 0 Å². The van der Waals surface area contributed by atoms with Gasteiger partial charge in [-0.2, -0.15) is 40.2 Å². The van der Waals surface area contributed by atoms with Crippen molar-refractivity contribution in [2.75, 3.05) is 18.4 Å². The van der Waals surface area contributed by atoms with Crippen molar-refractivity contribution >= 4 is 51.0 Å². The first-order chi connectivity index (χ1) is 30.6. The summed E-state index contributed by atoms with van der Waals surface area (Å²) >= 11 is 5.81. The van der Waals surface area contributed by atoms with Gasteiger partial charge in [0.25, 0.3) is 11.8 Å². The molecule has 0 bridgehead atoms. The van der Waals surface area contributed by atoms with E-state index in [-0.39, 0.29) is 36.0 Å². The quantitative estimate of drug-likeness (QED) is 0.199. The van der Waals surface area contributed by atoms with Gasteiger partial charge < -0.3 is 20.9 Å². The molecule has 63 heavy (non-hydrogen) atoms. The number of aryl methyl sites for hydroxylation is 2. The van der Waals surface area contributed by atoms with E-state index in [4.69, 9.17) is 17.3 Å². The molecule has 4 atom stereocenters. The summed E-state index contributed by atoms with van der Waals surface area (Å²) in [4.78, 5) is 41.6. The van der Waals surface area contributed by atoms with Crippen LogP contribution in [0.1, 0.15) is 60.2 Å². The van der Waals surface area contributed by atoms with E-state index in [1.807, 2.05) is 95.4 Å². The third-order valence-corrected chi connectivity index (χ3v) is 11.8. The van der Waals surface area contributed by atoms with Crippen LogP contribution in [-0.4, -0.2) is 118 Å². The monoisotopic (exact) mass is 868 g/mol. The van der Waals surface area contributed by atoms with Gasteiger partial charge in [0, 0.05) is 63.7 Å². The van der Waals surface area contributed by atoms with Crippen molar-refractivity contribution in [1.82, 2.24) is 69.3 Å². The summed E-state index contributed by atoms with van der Waals surface area (Å²) in [5.41, 5.74) is 10.6. The maximum absolute atomic E-state index is 13.5. The molecule has 18 nitrogen and oxygen atoms in total. The normalized spacial score (nSPS) is 18.6. The van der Waals surface area contributed by atoms with Gasteiger partial charge in [-0.1, -0.05) is 35.9 Å². The van der Waals surface area contributed by atoms with Crippen molar-refractivity contribution in [3.63, 3.8) is 0 Å². The SMILES string of the molecule is C[C@@H]1CC[C@@H](N)CN1C(=O)c1ccccc1-n1nccn1.C[C@@H]1CC[C@@H](Nc2nccc3c2cnn3C)CN1C(=O)c1ccccc1-n1nccn1.Cn1ncc2c(Cl)nccc21. The van der Waals surface area contributed by atoms with E-state index < -0.39 is 0 Å². The first kappa shape index (κ1) is 42.6. The van der Waals surface area contributed by atoms with Gasteiger partial charge in [-0.05, 0) is 75.9 Å². The van der Waals surface area contributed by atoms with Crippen LogP contribution in [-0.2, 0) is 14.1 Å². The number of carbonyl (C=O) groups is 2. The average molecular weight is 869 g/mol. The number of anilines is 1. The van der Waals surface area contributed by atoms with E-state index in [0.717, 1.165) is 53.3 Å². The Kier molecular flexibility index (Phi) is 12.8. The smallest absolute Gasteiger partial charge is 0.256 e. The summed E-state index contributed by atoms with van der Waals surface area (Å²) < 4.78 is 3.60. The number of hydrogen-bond acceptors (Lipinski definition) is 12. The molecule has 0 spiro atoms. The second-order valence-corrected chi connectivity index (χ2v) is 16.1. The predicted octanol–water partition coefficient (Wildman–Crippen LogP) is 5.50. The highest BCUT2D eigenvalue weighted by atomic mass is 35.5. The number of para-hydroxylation sites is 2. The third kappa shape index (κ3) is 9.27. The highest BCUT2D eigenvalue weighted by Crippen LogP contribution is 2.27. The summed E-state index contributed by atoms with van der Waals surface area (Å²) in [6, 6.07) is 19.2. The zero-order valence-corrected chi connectivity index (χ0v) is 36.2. The lowest BCUT2D eigenvalue weighted by Crippen LogP contribution is -2.50. The standard InChI is InChI=1S/C22H24N8O.C15H19N5O.C7H6ClN3/c1-15-7-8-16(27-21-18-13-26-28(2)19(18)9-10-23-21)14-29(15)22(31)17-5-3-4-6-20(17)30-24-11-12-25-30;1-11-6-7-12(16)10-19(11)15(21)13-4-2-3-5-14(13)20-17-8-9-18-20;1-11-6-2-3-9-7(8)5(6)4-10-11/h3-6,9-13,15-16H,7-8,14H2,1-2H3,(H,23,27);2-5,8-9,11-12H,6-7,10,16H2,1H3;2-4H,1H3/t15-,16-;11-,12-;/m11./s1. The Morgan fingerprint density at radius 1 is 0.619 bits per heavy atom. The number of nitrogens with one attached hydrogen (secondary N) is 1. The molecule has 2 aliphatic rings. The van der Waals surface area contributed by atoms with Crippen LogP contribution in [0, 0.1) is 0 Å². The second kappa shape index (κ2) is 18.9. The lowest BCUT2D eigenvalue weighted by molar-refractivity contribution is 0.0608. The Labute approximate surface area is 368 Å². The minimum absolute atomic E-state index is 0.00875. The lowest BCUT2D eigenvalue weighted by Gasteiger charge is -2.38. The molecule has 0 unspecified atom stereocenters. The number of amides is 2. The van der Waals surface area contributed by atoms with Crippen molar-refractivity contribution in [3.8, 4) is 11.4 Å². The van der Waals surface area contributed by atoms with Crippen LogP contribution in [0.25, 0.3) is 33.2 Å². The molecule has 10 rings (SSSR count). The number of aromatic nitrogens is 12. The molecule has 8 aromatic rings. The second-order valence-electron chi connectivity index (χ2n) is 15.7. The van der Waals surface area contributed by atoms with E-state index >= 15 is 0 Å². The molecule has 2 fully saturated rings. The molecular formula is C44H49ClN16O2. The van der Waals surface area contributed by atoms with Gasteiger partial charge in [0.1, 0.15) is 11.0 Å². The zero-order valence-electron chi connectivity index (χ0n) is 35.5. The molecule has 0 radical (unpaired) electrons. The van der Waals surface area contributed by atoms with Crippen LogP contribution >= 0.6 is 11.6 Å². The molecule has 8 heterocycles. The van der Waals surface area contributed by atoms with Gasteiger partial charge in [0.05, 0.1) is 81.5 Å². The summed E-state index contributed by atoms with van der Waals surface area (Å²) in [7, 11) is 3.79. The molecule has 2 aliphatic heterocycles. The average Bonchev–Trinajstić information content (AvgIpc) is 4.16. The molecule has 6 aromatic heterocycles. The number of fused-ring (bicyclic) bond motifs is 2. The summed E-state index contributed by atoms with van der Waals surface area (Å²) in [6.45, 7) is 5.36. The van der Waals surface area contributed by atoms with Crippen molar-refractivity contribution in [3.05, 3.63) is 127 Å². The van der Waals surface area contributed by atoms with Crippen LogP contribution < -0.4 is 11.1 Å². The molecule has 0 saturated carbocycles. The first-order valence-corrected chi connectivity index (χ1v) is 21.2. The third-order valence-electron chi connectivity index (χ3n) is 11.5. The number of nitrogens with two attached hydrogens (primary N) is 1. The number of nitrogens with zero attached hydrogens (tertiary/aromatic N) is 14. The number of carbonyl (C=O) groups excluding carboxylic acids is 2. The number of pyridine rings is 2. The molecule has 2 aromatic carbocycles. The zero-order chi connectivity index (χ0) is 44.0. The highest BCUT2D eigenvalue weighted by molar-refractivity contribution is 6.34. The molecule has 3 N–H and O–H groups in total. The number of hydrogen-bond donors (Lipinski definition) is 2. The van der Waals surface area contributed by atoms with Gasteiger partial charge in [-0.15, -0.1) is 0 Å². The molecule has 0 aliphatic carbocycles. The van der Waals surface area contributed by atoms with Gasteiger partial charge >= 0.3 is 0 Å². The fraction of sp³-hybridized carbons (Fsp3) is 0.318. The number of halogens is 1. The van der Waals surface area contributed by atoms with Gasteiger partial charge in [-0.25, -0.2) is 9.97 Å². The number of piperidine rings is 2. The fourth-order valence-electron chi connectivity index (χ4n) is 8.01. The number of rotatable bonds is 6. The Hall–Kier alpha value is -7.05. The van der Waals surface area contributed by atoms with Crippen LogP contribution in [0.15, 0.2) is 110 Å². The Balaban J connectivity index is 0.000000146. The maximum atomic E-state index is 13.5. The van der Waals surface area contributed by atoms with Gasteiger partial charge in [0.2, 0.25) is 0 Å². The Bertz CT molecular complexity index is 2800. The van der Waals surface area contributed by atoms with E-state index in [2.05, 4.69) is 59.7 Å². The fourth-order valence-corrected chi connectivity index (χ4v) is 8.21. The predicted molar refractivity (Wildman–Crippen MR) is 240 cm³/mol. The van der Waals surface area contributed by atoms with Crippen molar-refractivity contribution in [2.24, 2.45) is 19.8 Å². The molecular weight excluding hydrogens is 820 g/mol. The largest absolute Gasteiger partial charge is 0.365 e. The summed E-state index contributed by atoms with van der Waals surface area (Å²) in [5, 5.41) is 31.0. The van der Waals surface area contributed by atoms with Gasteiger partial charge in [-0.3, -0.25) is 19.0 Å². The molecule has 2 amide bonds. The van der Waals surface area contributed by atoms with Gasteiger partial charge in [0.15, 0.2) is 0 Å². The molecule has 324 valence electrons. The van der Waals surface area contributed by atoms with E-state index in [9.17, 15) is 9.59 Å². The topological polar surface area (TPSA) is 202 Å². The molecule has 19 heteroatoms. The highest BCUT2D eigenvalue weighted by Gasteiger charge is 2.32. The van der Waals surface area contributed by atoms with E-state index in [1.54, 1.807) is 48.1 Å². The van der Waals surface area contributed by atoms with Crippen LogP contribution in [0.4, 0.5) is 5.82 Å². The van der Waals surface area contributed by atoms with E-state index in [0.29, 0.717) is 40.7 Å². The van der Waals surface area contributed by atoms with Crippen LogP contribution in [0.3, 0.4) is 0 Å². The van der Waals surface area contributed by atoms with Crippen molar-refractivity contribution in [2.45, 2.75) is 63.7 Å². The van der Waals surface area contributed by atoms with E-state index in [1.165, 1.54) is 9.59 Å². The maximum Gasteiger partial charge on any atom is 0.256 e. The van der Waals surface area contributed by atoms with Crippen LogP contribution in [0.5, 0.6) is 0 Å². The molecule has 2 saturated heterocycles. The minimum atomic E-state index is -0.0144. The minimum Gasteiger partial charge on any atom is -0.365 e. The lowest BCUT2D eigenvalue weighted by atomic mass is 9.97. The summed E-state index contributed by atoms with van der Waals surface area (Å²) in [6.07, 6.45) is 17.2. The first-order valence-electron chi connectivity index (χ1n) is 20.8. The Morgan fingerprint density at radius 2 is 1.11 bits per heavy atom. The summed E-state index contributed by atoms with van der Waals surface area (Å²) in [5.74, 6) is 0.781. The number of likely N-dealkylation sites (tertiary alicyclic amines) is 2. The van der Waals surface area contributed by atoms with Crippen LogP contribution in [0.2, 0.25) is 5.15 Å². The number of benzene rings is 2. The van der Waals surface area contributed by atoms with Crippen molar-refractivity contribution < 1.29 is 9.59 Å². The Morgan fingerprint density at radius 3 is 1.68 bits per heavy atom.